The molecule has 3 atom stereocenters. The Kier molecular flexibility index (Phi) is 4.20. The first-order chi connectivity index (χ1) is 7.74. The minimum absolute atomic E-state index is 0.125. The fourth-order valence-electron chi connectivity index (χ4n) is 3.38. The summed E-state index contributed by atoms with van der Waals surface area (Å²) in [6, 6.07) is 0.571. The van der Waals surface area contributed by atoms with Gasteiger partial charge in [0.25, 0.3) is 0 Å². The van der Waals surface area contributed by atoms with E-state index in [4.69, 9.17) is 4.74 Å². The molecule has 2 saturated heterocycles. The van der Waals surface area contributed by atoms with Crippen LogP contribution in [-0.2, 0) is 4.74 Å². The van der Waals surface area contributed by atoms with E-state index in [-0.39, 0.29) is 5.60 Å². The fourth-order valence-corrected chi connectivity index (χ4v) is 4.79. The van der Waals surface area contributed by atoms with Gasteiger partial charge in [-0.2, -0.15) is 11.8 Å². The number of nitrogens with one attached hydrogen (secondary N) is 1. The molecule has 0 saturated carbocycles. The van der Waals surface area contributed by atoms with E-state index in [1.807, 2.05) is 0 Å². The Labute approximate surface area is 104 Å². The van der Waals surface area contributed by atoms with Crippen LogP contribution in [0.25, 0.3) is 0 Å². The van der Waals surface area contributed by atoms with E-state index in [9.17, 15) is 0 Å². The second-order valence-corrected chi connectivity index (χ2v) is 6.52. The van der Waals surface area contributed by atoms with Crippen molar-refractivity contribution in [2.24, 2.45) is 5.92 Å². The molecular weight excluding hydrogens is 218 g/mol. The maximum absolute atomic E-state index is 6.25. The van der Waals surface area contributed by atoms with Gasteiger partial charge in [-0.3, -0.25) is 0 Å². The third-order valence-corrected chi connectivity index (χ3v) is 5.77. The smallest absolute Gasteiger partial charge is 0.0960 e. The SMILES string of the molecule is CCC(CC)C1NCCOC12CCSC2C. The van der Waals surface area contributed by atoms with E-state index >= 15 is 0 Å². The van der Waals surface area contributed by atoms with Crippen LogP contribution in [0.15, 0.2) is 0 Å². The van der Waals surface area contributed by atoms with Gasteiger partial charge in [-0.1, -0.05) is 33.6 Å². The van der Waals surface area contributed by atoms with Crippen molar-refractivity contribution in [3.8, 4) is 0 Å². The Morgan fingerprint density at radius 1 is 1.44 bits per heavy atom. The summed E-state index contributed by atoms with van der Waals surface area (Å²) >= 11 is 2.08. The second kappa shape index (κ2) is 5.28. The first kappa shape index (κ1) is 12.7. The number of hydrogen-bond acceptors (Lipinski definition) is 3. The molecule has 2 heterocycles. The molecule has 3 heteroatoms. The van der Waals surface area contributed by atoms with Crippen LogP contribution in [0.5, 0.6) is 0 Å². The normalized spacial score (nSPS) is 39.8. The lowest BCUT2D eigenvalue weighted by molar-refractivity contribution is -0.107. The minimum Gasteiger partial charge on any atom is -0.371 e. The Balaban J connectivity index is 2.19. The molecule has 3 unspecified atom stereocenters. The van der Waals surface area contributed by atoms with E-state index in [2.05, 4.69) is 37.8 Å². The van der Waals surface area contributed by atoms with Gasteiger partial charge in [-0.05, 0) is 18.1 Å². The monoisotopic (exact) mass is 243 g/mol. The van der Waals surface area contributed by atoms with Crippen LogP contribution in [0.4, 0.5) is 0 Å². The standard InChI is InChI=1S/C13H25NOS/c1-4-11(5-2)12-13(15-8-7-14-12)6-9-16-10(13)3/h10-12,14H,4-9H2,1-3H3. The van der Waals surface area contributed by atoms with E-state index in [1.165, 1.54) is 25.0 Å². The highest BCUT2D eigenvalue weighted by molar-refractivity contribution is 8.00. The molecule has 0 aromatic carbocycles. The highest BCUT2D eigenvalue weighted by Gasteiger charge is 2.51. The van der Waals surface area contributed by atoms with Crippen molar-refractivity contribution >= 4 is 11.8 Å². The largest absolute Gasteiger partial charge is 0.371 e. The molecule has 0 radical (unpaired) electrons. The first-order valence-electron chi connectivity index (χ1n) is 6.73. The average Bonchev–Trinajstić information content (AvgIpc) is 2.66. The van der Waals surface area contributed by atoms with Crippen molar-refractivity contribution in [3.05, 3.63) is 0 Å². The minimum atomic E-state index is 0.125. The van der Waals surface area contributed by atoms with Crippen LogP contribution in [0.1, 0.15) is 40.0 Å². The molecule has 2 rings (SSSR count). The van der Waals surface area contributed by atoms with Crippen LogP contribution in [0, 0.1) is 5.92 Å². The third kappa shape index (κ3) is 2.02. The number of hydrogen-bond donors (Lipinski definition) is 1. The summed E-state index contributed by atoms with van der Waals surface area (Å²) in [7, 11) is 0. The van der Waals surface area contributed by atoms with Gasteiger partial charge in [0.1, 0.15) is 0 Å². The van der Waals surface area contributed by atoms with Gasteiger partial charge in [0.05, 0.1) is 12.2 Å². The van der Waals surface area contributed by atoms with Crippen LogP contribution in [0.2, 0.25) is 0 Å². The Morgan fingerprint density at radius 2 is 2.19 bits per heavy atom. The number of thioether (sulfide) groups is 1. The molecule has 1 spiro atoms. The van der Waals surface area contributed by atoms with Gasteiger partial charge in [0.2, 0.25) is 0 Å². The lowest BCUT2D eigenvalue weighted by Crippen LogP contribution is -2.63. The summed E-state index contributed by atoms with van der Waals surface area (Å²) in [5.41, 5.74) is 0.125. The lowest BCUT2D eigenvalue weighted by atomic mass is 9.77. The molecule has 0 aromatic rings. The molecule has 2 aliphatic rings. The number of morpholine rings is 1. The van der Waals surface area contributed by atoms with Crippen LogP contribution >= 0.6 is 11.8 Å². The first-order valence-corrected chi connectivity index (χ1v) is 7.78. The van der Waals surface area contributed by atoms with Crippen molar-refractivity contribution in [2.75, 3.05) is 18.9 Å². The van der Waals surface area contributed by atoms with Crippen molar-refractivity contribution < 1.29 is 4.74 Å². The van der Waals surface area contributed by atoms with E-state index in [0.717, 1.165) is 19.1 Å². The highest BCUT2D eigenvalue weighted by atomic mass is 32.2. The van der Waals surface area contributed by atoms with Crippen LogP contribution in [-0.4, -0.2) is 35.8 Å². The molecule has 1 N–H and O–H groups in total. The van der Waals surface area contributed by atoms with Crippen molar-refractivity contribution in [1.29, 1.82) is 0 Å². The van der Waals surface area contributed by atoms with Crippen molar-refractivity contribution in [1.82, 2.24) is 5.32 Å². The molecule has 2 aliphatic heterocycles. The molecule has 16 heavy (non-hydrogen) atoms. The zero-order valence-corrected chi connectivity index (χ0v) is 11.6. The number of rotatable bonds is 3. The van der Waals surface area contributed by atoms with Crippen LogP contribution < -0.4 is 5.32 Å². The Morgan fingerprint density at radius 3 is 2.75 bits per heavy atom. The van der Waals surface area contributed by atoms with E-state index in [0.29, 0.717) is 11.3 Å². The molecular formula is C13H25NOS. The van der Waals surface area contributed by atoms with E-state index < -0.39 is 0 Å². The van der Waals surface area contributed by atoms with Crippen molar-refractivity contribution in [3.63, 3.8) is 0 Å². The summed E-state index contributed by atoms with van der Waals surface area (Å²) in [6.45, 7) is 8.89. The molecule has 0 amide bonds. The zero-order valence-electron chi connectivity index (χ0n) is 10.8. The van der Waals surface area contributed by atoms with Gasteiger partial charge < -0.3 is 10.1 Å². The fraction of sp³-hybridized carbons (Fsp3) is 1.00. The van der Waals surface area contributed by atoms with Gasteiger partial charge in [0, 0.05) is 17.8 Å². The second-order valence-electron chi connectivity index (χ2n) is 5.07. The van der Waals surface area contributed by atoms with Gasteiger partial charge in [0.15, 0.2) is 0 Å². The molecule has 2 nitrogen and oxygen atoms in total. The Bertz CT molecular complexity index is 232. The maximum atomic E-state index is 6.25. The lowest BCUT2D eigenvalue weighted by Gasteiger charge is -2.47. The van der Waals surface area contributed by atoms with Gasteiger partial charge >= 0.3 is 0 Å². The summed E-state index contributed by atoms with van der Waals surface area (Å²) in [5.74, 6) is 2.03. The average molecular weight is 243 g/mol. The quantitative estimate of drug-likeness (QED) is 0.823. The molecule has 0 aromatic heterocycles. The molecule has 94 valence electrons. The molecule has 2 fully saturated rings. The summed E-state index contributed by atoms with van der Waals surface area (Å²) in [5, 5.41) is 4.39. The molecule has 0 aliphatic carbocycles. The van der Waals surface area contributed by atoms with Crippen LogP contribution in [0.3, 0.4) is 0 Å². The van der Waals surface area contributed by atoms with Gasteiger partial charge in [-0.15, -0.1) is 0 Å². The third-order valence-electron chi connectivity index (χ3n) is 4.43. The topological polar surface area (TPSA) is 21.3 Å². The zero-order chi connectivity index (χ0) is 11.6. The molecule has 0 bridgehead atoms. The highest BCUT2D eigenvalue weighted by Crippen LogP contribution is 2.44. The Hall–Kier alpha value is 0.270. The summed E-state index contributed by atoms with van der Waals surface area (Å²) in [4.78, 5) is 0. The summed E-state index contributed by atoms with van der Waals surface area (Å²) < 4.78 is 6.25. The predicted octanol–water partition coefficient (Wildman–Crippen LogP) is 2.68. The van der Waals surface area contributed by atoms with Gasteiger partial charge in [-0.25, -0.2) is 0 Å². The summed E-state index contributed by atoms with van der Waals surface area (Å²) in [6.07, 6.45) is 3.75. The maximum Gasteiger partial charge on any atom is 0.0960 e. The predicted molar refractivity (Wildman–Crippen MR) is 71.1 cm³/mol. The number of ether oxygens (including phenoxy) is 1. The van der Waals surface area contributed by atoms with E-state index in [1.54, 1.807) is 0 Å². The van der Waals surface area contributed by atoms with Crippen molar-refractivity contribution in [2.45, 2.75) is 56.9 Å².